The van der Waals surface area contributed by atoms with Crippen LogP contribution in [0, 0.1) is 6.92 Å². The van der Waals surface area contributed by atoms with Crippen LogP contribution in [0.4, 0.5) is 11.5 Å². The zero-order valence-electron chi connectivity index (χ0n) is 12.2. The van der Waals surface area contributed by atoms with Crippen molar-refractivity contribution in [3.63, 3.8) is 0 Å². The normalized spacial score (nSPS) is 10.2. The number of ether oxygens (including phenoxy) is 1. The molecule has 0 unspecified atom stereocenters. The summed E-state index contributed by atoms with van der Waals surface area (Å²) in [5.74, 6) is 1.53. The van der Waals surface area contributed by atoms with Crippen molar-refractivity contribution in [2.75, 3.05) is 11.9 Å². The molecule has 1 aromatic heterocycles. The second-order valence-corrected chi connectivity index (χ2v) is 5.15. The zero-order valence-corrected chi connectivity index (χ0v) is 13.0. The van der Waals surface area contributed by atoms with Gasteiger partial charge in [0.2, 0.25) is 0 Å². The molecular weight excluding hydrogens is 282 g/mol. The third kappa shape index (κ3) is 3.92. The van der Waals surface area contributed by atoms with Gasteiger partial charge in [0.05, 0.1) is 12.2 Å². The number of benzene rings is 1. The molecule has 0 amide bonds. The van der Waals surface area contributed by atoms with E-state index in [1.165, 1.54) is 0 Å². The van der Waals surface area contributed by atoms with Gasteiger partial charge in [0.25, 0.3) is 0 Å². The minimum absolute atomic E-state index is 0.339. The number of nitrogens with one attached hydrogen (secondary N) is 1. The van der Waals surface area contributed by atoms with Gasteiger partial charge in [0, 0.05) is 11.9 Å². The highest BCUT2D eigenvalue weighted by molar-refractivity contribution is 7.80. The summed E-state index contributed by atoms with van der Waals surface area (Å²) in [5.41, 5.74) is 8.47. The van der Waals surface area contributed by atoms with Gasteiger partial charge in [-0.3, -0.25) is 0 Å². The lowest BCUT2D eigenvalue weighted by molar-refractivity contribution is 0.317. The molecule has 0 spiro atoms. The molecule has 1 heterocycles. The molecule has 0 aliphatic carbocycles. The highest BCUT2D eigenvalue weighted by atomic mass is 32.1. The molecule has 0 bridgehead atoms. The van der Waals surface area contributed by atoms with Gasteiger partial charge in [-0.05, 0) is 49.2 Å². The van der Waals surface area contributed by atoms with E-state index in [0.717, 1.165) is 35.6 Å². The average Bonchev–Trinajstić information content (AvgIpc) is 2.46. The molecule has 0 aliphatic rings. The Kier molecular flexibility index (Phi) is 5.11. The maximum Gasteiger partial charge on any atom is 0.140 e. The topological polar surface area (TPSA) is 60.2 Å². The molecule has 4 nitrogen and oxygen atoms in total. The number of aryl methyl sites for hydroxylation is 1. The summed E-state index contributed by atoms with van der Waals surface area (Å²) >= 11 is 5.10. The number of hydrogen-bond donors (Lipinski definition) is 2. The lowest BCUT2D eigenvalue weighted by atomic mass is 10.1. The van der Waals surface area contributed by atoms with E-state index in [4.69, 9.17) is 22.7 Å². The first-order chi connectivity index (χ1) is 10.1. The lowest BCUT2D eigenvalue weighted by Crippen LogP contribution is -2.14. The van der Waals surface area contributed by atoms with Crippen molar-refractivity contribution in [1.29, 1.82) is 0 Å². The van der Waals surface area contributed by atoms with E-state index in [-0.39, 0.29) is 0 Å². The average molecular weight is 301 g/mol. The number of hydrogen-bond acceptors (Lipinski definition) is 4. The van der Waals surface area contributed by atoms with Crippen molar-refractivity contribution in [3.05, 3.63) is 47.7 Å². The predicted octanol–water partition coefficient (Wildman–Crippen LogP) is 3.56. The van der Waals surface area contributed by atoms with E-state index in [0.29, 0.717) is 10.8 Å². The molecule has 0 aliphatic heterocycles. The van der Waals surface area contributed by atoms with E-state index in [9.17, 15) is 0 Å². The molecule has 2 aromatic rings. The molecule has 0 saturated carbocycles. The summed E-state index contributed by atoms with van der Waals surface area (Å²) in [5, 5.41) is 3.24. The van der Waals surface area contributed by atoms with E-state index in [2.05, 4.69) is 17.2 Å². The van der Waals surface area contributed by atoms with Gasteiger partial charge in [-0.15, -0.1) is 0 Å². The summed E-state index contributed by atoms with van der Waals surface area (Å²) in [4.78, 5) is 4.66. The Balaban J connectivity index is 2.19. The largest absolute Gasteiger partial charge is 0.494 e. The van der Waals surface area contributed by atoms with Gasteiger partial charge in [0.15, 0.2) is 0 Å². The van der Waals surface area contributed by atoms with Crippen molar-refractivity contribution >= 4 is 28.7 Å². The Morgan fingerprint density at radius 2 is 2.00 bits per heavy atom. The standard InChI is InChI=1S/C16H19N3OS/c1-3-10-20-13-6-4-12(5-7-13)19-16-14(15(17)21)11(2)8-9-18-16/h4-9H,3,10H2,1-2H3,(H2,17,21)(H,18,19). The summed E-state index contributed by atoms with van der Waals surface area (Å²) in [6.45, 7) is 4.76. The minimum Gasteiger partial charge on any atom is -0.494 e. The van der Waals surface area contributed by atoms with Crippen molar-refractivity contribution in [3.8, 4) is 5.75 Å². The van der Waals surface area contributed by atoms with E-state index in [1.54, 1.807) is 6.20 Å². The van der Waals surface area contributed by atoms with Crippen LogP contribution in [-0.2, 0) is 0 Å². The second-order valence-electron chi connectivity index (χ2n) is 4.71. The molecule has 0 atom stereocenters. The van der Waals surface area contributed by atoms with Crippen LogP contribution >= 0.6 is 12.2 Å². The number of aromatic nitrogens is 1. The van der Waals surface area contributed by atoms with Crippen LogP contribution in [0.5, 0.6) is 5.75 Å². The number of nitrogens with zero attached hydrogens (tertiary/aromatic N) is 1. The van der Waals surface area contributed by atoms with Crippen LogP contribution in [0.1, 0.15) is 24.5 Å². The molecule has 21 heavy (non-hydrogen) atoms. The first-order valence-corrected chi connectivity index (χ1v) is 7.28. The maximum absolute atomic E-state index is 5.78. The Morgan fingerprint density at radius 3 is 2.62 bits per heavy atom. The predicted molar refractivity (Wildman–Crippen MR) is 90.4 cm³/mol. The number of rotatable bonds is 6. The van der Waals surface area contributed by atoms with Gasteiger partial charge in [0.1, 0.15) is 16.6 Å². The monoisotopic (exact) mass is 301 g/mol. The number of thiocarbonyl (C=S) groups is 1. The molecular formula is C16H19N3OS. The van der Waals surface area contributed by atoms with Gasteiger partial charge >= 0.3 is 0 Å². The number of nitrogens with two attached hydrogens (primary N) is 1. The van der Waals surface area contributed by atoms with E-state index >= 15 is 0 Å². The lowest BCUT2D eigenvalue weighted by Gasteiger charge is -2.12. The van der Waals surface area contributed by atoms with Gasteiger partial charge in [-0.1, -0.05) is 19.1 Å². The Morgan fingerprint density at radius 1 is 1.29 bits per heavy atom. The van der Waals surface area contributed by atoms with Gasteiger partial charge < -0.3 is 15.8 Å². The Bertz CT molecular complexity index is 626. The maximum atomic E-state index is 5.78. The zero-order chi connectivity index (χ0) is 15.2. The quantitative estimate of drug-likeness (QED) is 0.799. The fourth-order valence-corrected chi connectivity index (χ4v) is 2.21. The minimum atomic E-state index is 0.339. The molecule has 0 saturated heterocycles. The summed E-state index contributed by atoms with van der Waals surface area (Å²) in [7, 11) is 0. The van der Waals surface area contributed by atoms with Crippen LogP contribution in [-0.4, -0.2) is 16.6 Å². The molecule has 5 heteroatoms. The summed E-state index contributed by atoms with van der Waals surface area (Å²) in [6.07, 6.45) is 2.72. The highest BCUT2D eigenvalue weighted by Gasteiger charge is 2.10. The summed E-state index contributed by atoms with van der Waals surface area (Å²) < 4.78 is 5.56. The summed E-state index contributed by atoms with van der Waals surface area (Å²) in [6, 6.07) is 9.63. The van der Waals surface area contributed by atoms with Crippen LogP contribution in [0.25, 0.3) is 0 Å². The second kappa shape index (κ2) is 7.04. The van der Waals surface area contributed by atoms with E-state index in [1.807, 2.05) is 37.3 Å². The molecule has 3 N–H and O–H groups in total. The van der Waals surface area contributed by atoms with E-state index < -0.39 is 0 Å². The Hall–Kier alpha value is -2.14. The third-order valence-corrected chi connectivity index (χ3v) is 3.20. The van der Waals surface area contributed by atoms with Crippen LogP contribution in [0.2, 0.25) is 0 Å². The smallest absolute Gasteiger partial charge is 0.140 e. The van der Waals surface area contributed by atoms with Crippen LogP contribution in [0.15, 0.2) is 36.5 Å². The first-order valence-electron chi connectivity index (χ1n) is 6.87. The highest BCUT2D eigenvalue weighted by Crippen LogP contribution is 2.23. The number of pyridine rings is 1. The molecule has 2 rings (SSSR count). The van der Waals surface area contributed by atoms with Crippen LogP contribution in [0.3, 0.4) is 0 Å². The molecule has 0 fully saturated rings. The van der Waals surface area contributed by atoms with Gasteiger partial charge in [-0.25, -0.2) is 4.98 Å². The van der Waals surface area contributed by atoms with Crippen LogP contribution < -0.4 is 15.8 Å². The fourth-order valence-electron chi connectivity index (χ4n) is 1.96. The molecule has 0 radical (unpaired) electrons. The Labute approximate surface area is 130 Å². The SMILES string of the molecule is CCCOc1ccc(Nc2nccc(C)c2C(N)=S)cc1. The third-order valence-electron chi connectivity index (χ3n) is 3.00. The van der Waals surface area contributed by atoms with Crippen molar-refractivity contribution < 1.29 is 4.74 Å². The van der Waals surface area contributed by atoms with Gasteiger partial charge in [-0.2, -0.15) is 0 Å². The van der Waals surface area contributed by atoms with Crippen molar-refractivity contribution in [2.24, 2.45) is 5.73 Å². The first kappa shape index (κ1) is 15.3. The number of anilines is 2. The fraction of sp³-hybridized carbons (Fsp3) is 0.250. The molecule has 110 valence electrons. The molecule has 1 aromatic carbocycles. The van der Waals surface area contributed by atoms with Crippen molar-refractivity contribution in [2.45, 2.75) is 20.3 Å². The van der Waals surface area contributed by atoms with Crippen molar-refractivity contribution in [1.82, 2.24) is 4.98 Å².